The van der Waals surface area contributed by atoms with Crippen LogP contribution >= 0.6 is 12.6 Å². The Morgan fingerprint density at radius 3 is 2.11 bits per heavy atom. The predicted octanol–water partition coefficient (Wildman–Crippen LogP) is 7.03. The molecule has 10 nitrogen and oxygen atoms in total. The monoisotopic (exact) mass is 550 g/mol. The van der Waals surface area contributed by atoms with Crippen molar-refractivity contribution in [2.24, 2.45) is 0 Å². The van der Waals surface area contributed by atoms with Crippen LogP contribution in [-0.4, -0.2) is 26.4 Å². The lowest BCUT2D eigenvalue weighted by Crippen LogP contribution is -2.10. The van der Waals surface area contributed by atoms with Crippen molar-refractivity contribution in [3.8, 4) is 5.75 Å². The topological polar surface area (TPSA) is 164 Å². The number of rotatable bonds is 18. The van der Waals surface area contributed by atoms with Crippen molar-refractivity contribution in [2.75, 3.05) is 0 Å². The van der Waals surface area contributed by atoms with Crippen LogP contribution in [0.25, 0.3) is 0 Å². The summed E-state index contributed by atoms with van der Waals surface area (Å²) in [6, 6.07) is 9.94. The van der Waals surface area contributed by atoms with E-state index < -0.39 is 33.3 Å². The van der Waals surface area contributed by atoms with Crippen LogP contribution in [0.5, 0.6) is 5.75 Å². The quantitative estimate of drug-likeness (QED) is 0.0870. The molecular formula is C27H38N2O8S. The molecular weight excluding hydrogens is 512 g/mol. The average Bonchev–Trinajstić information content (AvgIpc) is 2.85. The number of nitro groups is 2. The van der Waals surface area contributed by atoms with Crippen molar-refractivity contribution in [3.63, 3.8) is 0 Å². The molecule has 0 saturated heterocycles. The van der Waals surface area contributed by atoms with E-state index in [-0.39, 0.29) is 22.5 Å². The summed E-state index contributed by atoms with van der Waals surface area (Å²) in [5.41, 5.74) is 0.999. The minimum Gasteiger partial charge on any atom is -0.481 e. The zero-order valence-electron chi connectivity index (χ0n) is 21.8. The number of aliphatic carboxylic acids is 1. The molecule has 1 atom stereocenters. The minimum absolute atomic E-state index is 0. The Morgan fingerprint density at radius 1 is 0.921 bits per heavy atom. The molecule has 11 heteroatoms. The van der Waals surface area contributed by atoms with Gasteiger partial charge in [-0.25, -0.2) is 0 Å². The van der Waals surface area contributed by atoms with E-state index in [4.69, 9.17) is 9.84 Å². The van der Waals surface area contributed by atoms with Gasteiger partial charge in [0.25, 0.3) is 5.69 Å². The molecule has 0 aliphatic carbocycles. The number of carboxylic acids is 1. The summed E-state index contributed by atoms with van der Waals surface area (Å²) in [6.45, 7) is 2.21. The van der Waals surface area contributed by atoms with Crippen LogP contribution in [0.4, 0.5) is 11.4 Å². The summed E-state index contributed by atoms with van der Waals surface area (Å²) in [4.78, 5) is 32.2. The van der Waals surface area contributed by atoms with Crippen LogP contribution < -0.4 is 4.74 Å². The predicted molar refractivity (Wildman–Crippen MR) is 148 cm³/mol. The second kappa shape index (κ2) is 17.4. The number of nitro benzene ring substituents is 2. The maximum Gasteiger partial charge on any atom is 0.317 e. The van der Waals surface area contributed by atoms with Crippen molar-refractivity contribution in [1.82, 2.24) is 0 Å². The molecule has 0 spiro atoms. The number of ether oxygens (including phenoxy) is 1. The molecule has 3 N–H and O–H groups in total. The molecule has 0 saturated carbocycles. The smallest absolute Gasteiger partial charge is 0.317 e. The minimum atomic E-state index is -0.891. The van der Waals surface area contributed by atoms with Crippen LogP contribution in [0.1, 0.15) is 94.8 Å². The Bertz CT molecular complexity index is 1050. The second-order valence-corrected chi connectivity index (χ2v) is 9.66. The standard InChI is InChI=1S/C27H36N2O7S.H2O/c1-2-3-4-5-6-7-8-11-20-14-16-21(17-15-20)24(12-9-10-13-27(30)31)36-25-19-26(37)23(29(34)35)18-22(25)28(32)33;/h14-19,24,37H,2-13H2,1H3,(H,30,31);1H2. The molecule has 0 radical (unpaired) electrons. The number of unbranched alkanes of at least 4 members (excludes halogenated alkanes) is 7. The molecule has 2 aromatic carbocycles. The average molecular weight is 551 g/mol. The van der Waals surface area contributed by atoms with E-state index in [1.807, 2.05) is 24.3 Å². The van der Waals surface area contributed by atoms with Crippen LogP contribution in [-0.2, 0) is 11.2 Å². The maximum atomic E-state index is 11.6. The van der Waals surface area contributed by atoms with E-state index in [2.05, 4.69) is 19.6 Å². The highest BCUT2D eigenvalue weighted by atomic mass is 32.1. The van der Waals surface area contributed by atoms with Crippen molar-refractivity contribution >= 4 is 30.0 Å². The van der Waals surface area contributed by atoms with Crippen LogP contribution in [0.15, 0.2) is 41.3 Å². The molecule has 210 valence electrons. The molecule has 0 bridgehead atoms. The van der Waals surface area contributed by atoms with Gasteiger partial charge in [0.1, 0.15) is 6.10 Å². The van der Waals surface area contributed by atoms with Gasteiger partial charge in [-0.15, -0.1) is 12.6 Å². The lowest BCUT2D eigenvalue weighted by Gasteiger charge is -2.20. The van der Waals surface area contributed by atoms with E-state index >= 15 is 0 Å². The first kappa shape index (κ1) is 32.8. The fraction of sp³-hybridized carbons (Fsp3) is 0.519. The van der Waals surface area contributed by atoms with Crippen LogP contribution in [0.2, 0.25) is 0 Å². The van der Waals surface area contributed by atoms with Crippen LogP contribution in [0, 0.1) is 20.2 Å². The van der Waals surface area contributed by atoms with Crippen molar-refractivity contribution in [3.05, 3.63) is 67.8 Å². The second-order valence-electron chi connectivity index (χ2n) is 9.18. The van der Waals surface area contributed by atoms with Crippen LogP contribution in [0.3, 0.4) is 0 Å². The van der Waals surface area contributed by atoms with Crippen molar-refractivity contribution < 1.29 is 30.0 Å². The SMILES string of the molecule is CCCCCCCCCc1ccc(C(CCCCC(=O)O)Oc2cc(S)c([N+](=O)[O-])cc2[N+](=O)[O-])cc1.O. The molecule has 2 aromatic rings. The highest BCUT2D eigenvalue weighted by molar-refractivity contribution is 7.80. The summed E-state index contributed by atoms with van der Waals surface area (Å²) in [7, 11) is 0. The normalized spacial score (nSPS) is 11.4. The summed E-state index contributed by atoms with van der Waals surface area (Å²) in [5, 5.41) is 31.8. The lowest BCUT2D eigenvalue weighted by molar-refractivity contribution is -0.396. The number of nitrogens with zero attached hydrogens (tertiary/aromatic N) is 2. The summed E-state index contributed by atoms with van der Waals surface area (Å²) in [5.74, 6) is -1.01. The van der Waals surface area contributed by atoms with Gasteiger partial charge < -0.3 is 15.3 Å². The van der Waals surface area contributed by atoms with E-state index in [1.165, 1.54) is 50.2 Å². The van der Waals surface area contributed by atoms with Gasteiger partial charge in [-0.05, 0) is 43.2 Å². The van der Waals surface area contributed by atoms with E-state index in [0.717, 1.165) is 24.5 Å². The molecule has 0 aliphatic heterocycles. The molecule has 38 heavy (non-hydrogen) atoms. The summed E-state index contributed by atoms with van der Waals surface area (Å²) >= 11 is 4.11. The Morgan fingerprint density at radius 2 is 1.53 bits per heavy atom. The number of carboxylic acid groups (broad SMARTS) is 1. The van der Waals surface area contributed by atoms with Gasteiger partial charge in [-0.2, -0.15) is 0 Å². The number of hydrogen-bond donors (Lipinski definition) is 2. The molecule has 0 amide bonds. The zero-order valence-corrected chi connectivity index (χ0v) is 22.7. The van der Waals surface area contributed by atoms with Gasteiger partial charge in [-0.1, -0.05) is 69.7 Å². The van der Waals surface area contributed by atoms with E-state index in [1.54, 1.807) is 0 Å². The first-order valence-electron chi connectivity index (χ1n) is 12.9. The summed E-state index contributed by atoms with van der Waals surface area (Å²) < 4.78 is 6.04. The highest BCUT2D eigenvalue weighted by Crippen LogP contribution is 2.39. The Kier molecular flexibility index (Phi) is 15.0. The van der Waals surface area contributed by atoms with Gasteiger partial charge in [0.05, 0.1) is 20.8 Å². The van der Waals surface area contributed by atoms with Crippen molar-refractivity contribution in [1.29, 1.82) is 0 Å². The number of hydrogen-bond acceptors (Lipinski definition) is 7. The number of thiol groups is 1. The largest absolute Gasteiger partial charge is 0.481 e. The Balaban J connectivity index is 0.00000722. The molecule has 1 unspecified atom stereocenters. The third kappa shape index (κ3) is 11.1. The highest BCUT2D eigenvalue weighted by Gasteiger charge is 2.26. The zero-order chi connectivity index (χ0) is 27.2. The first-order chi connectivity index (χ1) is 17.7. The third-order valence-corrected chi connectivity index (χ3v) is 6.60. The van der Waals surface area contributed by atoms with E-state index in [0.29, 0.717) is 19.3 Å². The molecule has 0 aromatic heterocycles. The molecule has 2 rings (SSSR count). The van der Waals surface area contributed by atoms with E-state index in [9.17, 15) is 25.0 Å². The number of aryl methyl sites for hydroxylation is 1. The van der Waals surface area contributed by atoms with Gasteiger partial charge in [-0.3, -0.25) is 25.0 Å². The molecule has 0 aliphatic rings. The molecule has 0 fully saturated rings. The Hall–Kier alpha value is -3.18. The van der Waals surface area contributed by atoms with Gasteiger partial charge >= 0.3 is 11.7 Å². The fourth-order valence-electron chi connectivity index (χ4n) is 4.17. The lowest BCUT2D eigenvalue weighted by atomic mass is 9.99. The third-order valence-electron chi connectivity index (χ3n) is 6.25. The maximum absolute atomic E-state index is 11.6. The molecule has 0 heterocycles. The van der Waals surface area contributed by atoms with Crippen molar-refractivity contribution in [2.45, 2.75) is 95.0 Å². The first-order valence-corrected chi connectivity index (χ1v) is 13.3. The van der Waals surface area contributed by atoms with Gasteiger partial charge in [0, 0.05) is 12.5 Å². The van der Waals surface area contributed by atoms with Gasteiger partial charge in [0.15, 0.2) is 5.75 Å². The number of carbonyl (C=O) groups is 1. The Labute approximate surface area is 228 Å². The number of benzene rings is 2. The van der Waals surface area contributed by atoms with Gasteiger partial charge in [0.2, 0.25) is 0 Å². The fourth-order valence-corrected chi connectivity index (χ4v) is 4.43. The summed E-state index contributed by atoms with van der Waals surface area (Å²) in [6.07, 6.45) is 10.4.